The highest BCUT2D eigenvalue weighted by atomic mass is 35.5. The van der Waals surface area contributed by atoms with Gasteiger partial charge in [0, 0.05) is 13.2 Å². The molecular formula is C17H17Cl2N3O2. The van der Waals surface area contributed by atoms with Gasteiger partial charge in [0.25, 0.3) is 5.91 Å². The summed E-state index contributed by atoms with van der Waals surface area (Å²) in [6, 6.07) is 8.67. The smallest absolute Gasteiger partial charge is 0.269 e. The first-order valence-corrected chi connectivity index (χ1v) is 8.46. The van der Waals surface area contributed by atoms with E-state index in [2.05, 4.69) is 15.6 Å². The van der Waals surface area contributed by atoms with Crippen LogP contribution < -0.4 is 10.6 Å². The number of aromatic nitrogens is 1. The van der Waals surface area contributed by atoms with Gasteiger partial charge >= 0.3 is 0 Å². The van der Waals surface area contributed by atoms with Crippen molar-refractivity contribution in [1.29, 1.82) is 0 Å². The Morgan fingerprint density at radius 2 is 2.04 bits per heavy atom. The molecule has 0 radical (unpaired) electrons. The molecule has 1 aromatic heterocycles. The number of ether oxygens (including phenoxy) is 1. The molecule has 1 unspecified atom stereocenters. The number of amides is 1. The maximum Gasteiger partial charge on any atom is 0.269 e. The van der Waals surface area contributed by atoms with E-state index in [1.54, 1.807) is 36.5 Å². The first-order valence-electron chi connectivity index (χ1n) is 7.70. The highest BCUT2D eigenvalue weighted by molar-refractivity contribution is 6.39. The predicted octanol–water partition coefficient (Wildman–Crippen LogP) is 4.04. The molecule has 0 bridgehead atoms. The third kappa shape index (κ3) is 4.17. The lowest BCUT2D eigenvalue weighted by Crippen LogP contribution is -2.32. The summed E-state index contributed by atoms with van der Waals surface area (Å²) in [5.41, 5.74) is 1.66. The van der Waals surface area contributed by atoms with Crippen molar-refractivity contribution in [2.75, 3.05) is 18.5 Å². The maximum atomic E-state index is 12.1. The number of carbonyl (C=O) groups is 1. The average Bonchev–Trinajstić information content (AvgIpc) is 3.10. The quantitative estimate of drug-likeness (QED) is 0.838. The highest BCUT2D eigenvalue weighted by Gasteiger charge is 2.17. The zero-order valence-electron chi connectivity index (χ0n) is 12.9. The third-order valence-electron chi connectivity index (χ3n) is 3.74. The predicted molar refractivity (Wildman–Crippen MR) is 95.3 cm³/mol. The average molecular weight is 366 g/mol. The Balaban J connectivity index is 1.61. The van der Waals surface area contributed by atoms with Gasteiger partial charge in [0.15, 0.2) is 0 Å². The fourth-order valence-electron chi connectivity index (χ4n) is 2.47. The second-order valence-electron chi connectivity index (χ2n) is 5.50. The number of pyridine rings is 1. The van der Waals surface area contributed by atoms with Gasteiger partial charge in [0.05, 0.1) is 33.7 Å². The minimum Gasteiger partial charge on any atom is -0.376 e. The Morgan fingerprint density at radius 1 is 1.25 bits per heavy atom. The van der Waals surface area contributed by atoms with Crippen molar-refractivity contribution in [2.24, 2.45) is 0 Å². The van der Waals surface area contributed by atoms with Gasteiger partial charge < -0.3 is 15.4 Å². The van der Waals surface area contributed by atoms with Crippen LogP contribution >= 0.6 is 23.2 Å². The van der Waals surface area contributed by atoms with Crippen molar-refractivity contribution < 1.29 is 9.53 Å². The summed E-state index contributed by atoms with van der Waals surface area (Å²) >= 11 is 12.2. The summed E-state index contributed by atoms with van der Waals surface area (Å²) in [5, 5.41) is 6.97. The van der Waals surface area contributed by atoms with Gasteiger partial charge in [-0.2, -0.15) is 0 Å². The standard InChI is InChI=1S/C17H17Cl2N3O2/c18-13-4-1-5-14(19)16(13)22-11-6-7-15(20-9-11)17(23)21-10-12-3-2-8-24-12/h1,4-7,9,12,22H,2-3,8,10H2,(H,21,23). The Morgan fingerprint density at radius 3 is 2.67 bits per heavy atom. The summed E-state index contributed by atoms with van der Waals surface area (Å²) in [6.45, 7) is 1.28. The molecule has 1 amide bonds. The molecule has 1 saturated heterocycles. The topological polar surface area (TPSA) is 63.2 Å². The summed E-state index contributed by atoms with van der Waals surface area (Å²) in [5.74, 6) is -0.215. The second-order valence-corrected chi connectivity index (χ2v) is 6.31. The number of carbonyl (C=O) groups excluding carboxylic acids is 1. The van der Waals surface area contributed by atoms with Crippen molar-refractivity contribution in [3.05, 3.63) is 52.3 Å². The van der Waals surface area contributed by atoms with E-state index >= 15 is 0 Å². The van der Waals surface area contributed by atoms with Crippen LogP contribution in [0.5, 0.6) is 0 Å². The van der Waals surface area contributed by atoms with E-state index in [0.717, 1.165) is 19.4 Å². The van der Waals surface area contributed by atoms with Gasteiger partial charge in [-0.15, -0.1) is 0 Å². The summed E-state index contributed by atoms with van der Waals surface area (Å²) in [4.78, 5) is 16.3. The SMILES string of the molecule is O=C(NCC1CCCO1)c1ccc(Nc2c(Cl)cccc2Cl)cn1. The monoisotopic (exact) mass is 365 g/mol. The van der Waals surface area contributed by atoms with Gasteiger partial charge in [-0.1, -0.05) is 29.3 Å². The zero-order valence-corrected chi connectivity index (χ0v) is 14.4. The molecule has 3 rings (SSSR count). The molecule has 2 N–H and O–H groups in total. The van der Waals surface area contributed by atoms with Gasteiger partial charge in [-0.25, -0.2) is 4.98 Å². The van der Waals surface area contributed by atoms with Crippen molar-refractivity contribution >= 4 is 40.5 Å². The Labute approximate surface area is 150 Å². The number of para-hydroxylation sites is 1. The van der Waals surface area contributed by atoms with Gasteiger partial charge in [0.1, 0.15) is 5.69 Å². The summed E-state index contributed by atoms with van der Waals surface area (Å²) < 4.78 is 5.48. The number of nitrogens with zero attached hydrogens (tertiary/aromatic N) is 1. The molecule has 1 aliphatic heterocycles. The minimum absolute atomic E-state index is 0.109. The fourth-order valence-corrected chi connectivity index (χ4v) is 2.96. The van der Waals surface area contributed by atoms with E-state index in [4.69, 9.17) is 27.9 Å². The lowest BCUT2D eigenvalue weighted by atomic mass is 10.2. The molecule has 1 atom stereocenters. The molecule has 0 aliphatic carbocycles. The fraction of sp³-hybridized carbons (Fsp3) is 0.294. The Hall–Kier alpha value is -1.82. The number of benzene rings is 1. The number of anilines is 2. The molecule has 5 nitrogen and oxygen atoms in total. The largest absolute Gasteiger partial charge is 0.376 e. The van der Waals surface area contributed by atoms with Crippen LogP contribution in [0.4, 0.5) is 11.4 Å². The van der Waals surface area contributed by atoms with E-state index < -0.39 is 0 Å². The molecule has 24 heavy (non-hydrogen) atoms. The van der Waals surface area contributed by atoms with E-state index in [-0.39, 0.29) is 12.0 Å². The van der Waals surface area contributed by atoms with Crippen LogP contribution in [0.2, 0.25) is 10.0 Å². The first-order chi connectivity index (χ1) is 11.6. The number of rotatable bonds is 5. The van der Waals surface area contributed by atoms with Crippen LogP contribution in [-0.4, -0.2) is 30.1 Å². The summed E-state index contributed by atoms with van der Waals surface area (Å²) in [6.07, 6.45) is 3.71. The number of halogens is 2. The van der Waals surface area contributed by atoms with E-state index in [0.29, 0.717) is 33.7 Å². The van der Waals surface area contributed by atoms with Crippen molar-refractivity contribution in [3.8, 4) is 0 Å². The van der Waals surface area contributed by atoms with E-state index in [1.165, 1.54) is 0 Å². The number of hydrogen-bond donors (Lipinski definition) is 2. The molecule has 126 valence electrons. The summed E-state index contributed by atoms with van der Waals surface area (Å²) in [7, 11) is 0. The van der Waals surface area contributed by atoms with Crippen molar-refractivity contribution in [2.45, 2.75) is 18.9 Å². The Kier molecular flexibility index (Phi) is 5.56. The molecule has 2 heterocycles. The molecule has 1 aromatic carbocycles. The van der Waals surface area contributed by atoms with Crippen LogP contribution in [0.25, 0.3) is 0 Å². The van der Waals surface area contributed by atoms with Crippen LogP contribution in [0.3, 0.4) is 0 Å². The van der Waals surface area contributed by atoms with Crippen molar-refractivity contribution in [3.63, 3.8) is 0 Å². The normalized spacial score (nSPS) is 16.8. The molecular weight excluding hydrogens is 349 g/mol. The van der Waals surface area contributed by atoms with Gasteiger partial charge in [-0.3, -0.25) is 4.79 Å². The highest BCUT2D eigenvalue weighted by Crippen LogP contribution is 2.32. The molecule has 0 saturated carbocycles. The third-order valence-corrected chi connectivity index (χ3v) is 4.37. The molecule has 2 aromatic rings. The van der Waals surface area contributed by atoms with Gasteiger partial charge in [-0.05, 0) is 37.1 Å². The molecule has 7 heteroatoms. The van der Waals surface area contributed by atoms with Crippen LogP contribution in [0.15, 0.2) is 36.5 Å². The van der Waals surface area contributed by atoms with Crippen LogP contribution in [0.1, 0.15) is 23.3 Å². The van der Waals surface area contributed by atoms with Crippen LogP contribution in [0, 0.1) is 0 Å². The maximum absolute atomic E-state index is 12.1. The van der Waals surface area contributed by atoms with Crippen LogP contribution in [-0.2, 0) is 4.74 Å². The van der Waals surface area contributed by atoms with E-state index in [1.807, 2.05) is 0 Å². The zero-order chi connectivity index (χ0) is 16.9. The lowest BCUT2D eigenvalue weighted by Gasteiger charge is -2.12. The molecule has 0 spiro atoms. The number of nitrogens with one attached hydrogen (secondary N) is 2. The number of hydrogen-bond acceptors (Lipinski definition) is 4. The lowest BCUT2D eigenvalue weighted by molar-refractivity contribution is 0.0854. The Bertz CT molecular complexity index is 696. The van der Waals surface area contributed by atoms with Crippen molar-refractivity contribution in [1.82, 2.24) is 10.3 Å². The molecule has 1 aliphatic rings. The first kappa shape index (κ1) is 17.0. The van der Waals surface area contributed by atoms with E-state index in [9.17, 15) is 4.79 Å². The van der Waals surface area contributed by atoms with Gasteiger partial charge in [0.2, 0.25) is 0 Å². The molecule has 1 fully saturated rings. The second kappa shape index (κ2) is 7.83. The minimum atomic E-state index is -0.215.